The second-order valence-electron chi connectivity index (χ2n) is 2.96. The number of hydrogen-bond donors (Lipinski definition) is 0. The van der Waals surface area contributed by atoms with Crippen molar-refractivity contribution in [3.63, 3.8) is 0 Å². The summed E-state index contributed by atoms with van der Waals surface area (Å²) in [6.07, 6.45) is 6.47. The highest BCUT2D eigenvalue weighted by Crippen LogP contribution is 1.90. The molecular weight excluding hydrogens is 167 g/mol. The third kappa shape index (κ3) is 157. The predicted molar refractivity (Wildman–Crippen MR) is 74.6 cm³/mol. The van der Waals surface area contributed by atoms with Gasteiger partial charge in [0.15, 0.2) is 0 Å². The van der Waals surface area contributed by atoms with Crippen LogP contribution in [0.1, 0.15) is 74.1 Å². The van der Waals surface area contributed by atoms with Gasteiger partial charge in [-0.05, 0) is 0 Å². The molecular formula is C13H34B. The van der Waals surface area contributed by atoms with Crippen LogP contribution in [0.4, 0.5) is 0 Å². The standard InChI is InChI=1S/C5H12B.2C3H8.C2H6/c1-3-4-5-6-2;2*1-3-2;1-2/h3-5H2,1-2H3;2*3H2,1-2H3;1-2H3. The molecule has 0 aromatic carbocycles. The minimum absolute atomic E-state index is 1.25. The van der Waals surface area contributed by atoms with Crippen LogP contribution in [-0.4, -0.2) is 7.28 Å². The summed E-state index contributed by atoms with van der Waals surface area (Å²) >= 11 is 0. The van der Waals surface area contributed by atoms with Crippen LogP contribution in [0, 0.1) is 0 Å². The molecule has 0 rings (SSSR count). The van der Waals surface area contributed by atoms with Crippen molar-refractivity contribution < 1.29 is 0 Å². The molecule has 0 aromatic heterocycles. The van der Waals surface area contributed by atoms with Gasteiger partial charge in [0.25, 0.3) is 0 Å². The Balaban J connectivity index is -0.0000000536. The first-order chi connectivity index (χ1) is 6.74. The maximum atomic E-state index is 2.21. The lowest BCUT2D eigenvalue weighted by Crippen LogP contribution is -1.76. The van der Waals surface area contributed by atoms with Gasteiger partial charge < -0.3 is 0 Å². The van der Waals surface area contributed by atoms with Gasteiger partial charge in [0.05, 0.1) is 0 Å². The zero-order valence-electron chi connectivity index (χ0n) is 12.1. The van der Waals surface area contributed by atoms with Crippen molar-refractivity contribution >= 4 is 7.28 Å². The van der Waals surface area contributed by atoms with Gasteiger partial charge in [0.2, 0.25) is 0 Å². The Labute approximate surface area is 95.1 Å². The fraction of sp³-hybridized carbons (Fsp3) is 1.00. The second kappa shape index (κ2) is 51.7. The molecule has 89 valence electrons. The number of rotatable bonds is 3. The summed E-state index contributed by atoms with van der Waals surface area (Å²) in [7, 11) is 2.21. The first-order valence-corrected chi connectivity index (χ1v) is 6.52. The summed E-state index contributed by atoms with van der Waals surface area (Å²) in [6.45, 7) is 16.8. The average molecular weight is 201 g/mol. The lowest BCUT2D eigenvalue weighted by Gasteiger charge is -1.84. The van der Waals surface area contributed by atoms with E-state index < -0.39 is 0 Å². The largest absolute Gasteiger partial charge is 0.105 e. The molecule has 0 amide bonds. The molecule has 0 fully saturated rings. The lowest BCUT2D eigenvalue weighted by atomic mass is 9.76. The van der Waals surface area contributed by atoms with E-state index in [4.69, 9.17) is 0 Å². The third-order valence-corrected chi connectivity index (χ3v) is 0.846. The van der Waals surface area contributed by atoms with E-state index in [-0.39, 0.29) is 0 Å². The van der Waals surface area contributed by atoms with E-state index in [2.05, 4.69) is 48.7 Å². The summed E-state index contributed by atoms with van der Waals surface area (Å²) in [5, 5.41) is 0. The molecule has 0 saturated carbocycles. The maximum absolute atomic E-state index is 2.21. The first-order valence-electron chi connectivity index (χ1n) is 6.52. The molecule has 1 radical (unpaired) electrons. The van der Waals surface area contributed by atoms with Gasteiger partial charge in [-0.1, -0.05) is 87.3 Å². The Morgan fingerprint density at radius 2 is 1.07 bits per heavy atom. The van der Waals surface area contributed by atoms with Crippen LogP contribution in [0.5, 0.6) is 0 Å². The smallest absolute Gasteiger partial charge is 0.0920 e. The molecule has 0 saturated heterocycles. The average Bonchev–Trinajstić information content (AvgIpc) is 2.20. The molecule has 0 heterocycles. The zero-order valence-corrected chi connectivity index (χ0v) is 12.1. The molecule has 1 heteroatoms. The summed E-state index contributed by atoms with van der Waals surface area (Å²) in [4.78, 5) is 0. The second-order valence-corrected chi connectivity index (χ2v) is 2.96. The number of unbranched alkanes of at least 4 members (excludes halogenated alkanes) is 1. The Kier molecular flexibility index (Phi) is 87.5. The van der Waals surface area contributed by atoms with E-state index in [1.165, 1.54) is 32.0 Å². The van der Waals surface area contributed by atoms with Crippen molar-refractivity contribution in [3.8, 4) is 0 Å². The SMILES string of the molecule is CC.CCC.CCC.C[B]CCCC. The van der Waals surface area contributed by atoms with Crippen LogP contribution in [0.25, 0.3) is 0 Å². The highest BCUT2D eigenvalue weighted by Gasteiger charge is 1.77. The molecule has 0 spiro atoms. The van der Waals surface area contributed by atoms with Crippen LogP contribution in [-0.2, 0) is 0 Å². The molecule has 0 aliphatic heterocycles. The summed E-state index contributed by atoms with van der Waals surface area (Å²) in [5.41, 5.74) is 0. The van der Waals surface area contributed by atoms with Crippen LogP contribution >= 0.6 is 0 Å². The first kappa shape index (κ1) is 23.7. The maximum Gasteiger partial charge on any atom is 0.105 e. The van der Waals surface area contributed by atoms with Gasteiger partial charge in [-0.15, -0.1) is 0 Å². The van der Waals surface area contributed by atoms with Crippen molar-refractivity contribution in [2.75, 3.05) is 0 Å². The normalized spacial score (nSPS) is 6.57. The van der Waals surface area contributed by atoms with Crippen molar-refractivity contribution in [2.24, 2.45) is 0 Å². The molecule has 0 unspecified atom stereocenters. The van der Waals surface area contributed by atoms with E-state index in [9.17, 15) is 0 Å². The van der Waals surface area contributed by atoms with E-state index in [0.29, 0.717) is 0 Å². The Bertz CT molecular complexity index is 30.2. The van der Waals surface area contributed by atoms with Gasteiger partial charge in [0.1, 0.15) is 7.28 Å². The topological polar surface area (TPSA) is 0 Å². The quantitative estimate of drug-likeness (QED) is 0.399. The van der Waals surface area contributed by atoms with Crippen molar-refractivity contribution in [1.82, 2.24) is 0 Å². The molecule has 0 aliphatic carbocycles. The van der Waals surface area contributed by atoms with Crippen molar-refractivity contribution in [1.29, 1.82) is 0 Å². The van der Waals surface area contributed by atoms with Gasteiger partial charge >= 0.3 is 0 Å². The molecule has 0 nitrogen and oxygen atoms in total. The van der Waals surface area contributed by atoms with Gasteiger partial charge in [-0.2, -0.15) is 0 Å². The van der Waals surface area contributed by atoms with Crippen LogP contribution in [0.2, 0.25) is 13.1 Å². The fourth-order valence-corrected chi connectivity index (χ4v) is 0.408. The van der Waals surface area contributed by atoms with Gasteiger partial charge in [-0.25, -0.2) is 0 Å². The predicted octanol–water partition coefficient (Wildman–Crippen LogP) is 5.82. The molecule has 0 bridgehead atoms. The Morgan fingerprint density at radius 1 is 0.786 bits per heavy atom. The molecule has 0 aromatic rings. The van der Waals surface area contributed by atoms with Crippen LogP contribution in [0.3, 0.4) is 0 Å². The van der Waals surface area contributed by atoms with E-state index >= 15 is 0 Å². The van der Waals surface area contributed by atoms with Crippen LogP contribution in [0.15, 0.2) is 0 Å². The molecule has 0 N–H and O–H groups in total. The minimum Gasteiger partial charge on any atom is -0.0920 e. The number of hydrogen-bond acceptors (Lipinski definition) is 0. The van der Waals surface area contributed by atoms with Gasteiger partial charge in [0, 0.05) is 0 Å². The highest BCUT2D eigenvalue weighted by atomic mass is 13.7. The third-order valence-electron chi connectivity index (χ3n) is 0.846. The fourth-order valence-electron chi connectivity index (χ4n) is 0.408. The zero-order chi connectivity index (χ0) is 12.2. The van der Waals surface area contributed by atoms with E-state index in [1.54, 1.807) is 0 Å². The van der Waals surface area contributed by atoms with Gasteiger partial charge in [-0.3, -0.25) is 0 Å². The molecule has 14 heavy (non-hydrogen) atoms. The monoisotopic (exact) mass is 201 g/mol. The Morgan fingerprint density at radius 3 is 1.14 bits per heavy atom. The highest BCUT2D eigenvalue weighted by molar-refractivity contribution is 6.33. The minimum atomic E-state index is 1.25. The summed E-state index contributed by atoms with van der Waals surface area (Å²) < 4.78 is 0. The summed E-state index contributed by atoms with van der Waals surface area (Å²) in [5.74, 6) is 0. The Hall–Kier alpha value is 0.0649. The van der Waals surface area contributed by atoms with Crippen molar-refractivity contribution in [2.45, 2.75) is 87.3 Å². The lowest BCUT2D eigenvalue weighted by molar-refractivity contribution is 0.880. The molecule has 0 atom stereocenters. The van der Waals surface area contributed by atoms with E-state index in [0.717, 1.165) is 0 Å². The van der Waals surface area contributed by atoms with Crippen LogP contribution < -0.4 is 0 Å². The van der Waals surface area contributed by atoms with E-state index in [1.807, 2.05) is 13.8 Å². The van der Waals surface area contributed by atoms with Crippen molar-refractivity contribution in [3.05, 3.63) is 0 Å². The molecule has 0 aliphatic rings. The summed E-state index contributed by atoms with van der Waals surface area (Å²) in [6, 6.07) is 0.